The number of likely N-dealkylation sites (tertiary alicyclic amines) is 1. The van der Waals surface area contributed by atoms with Crippen molar-refractivity contribution in [1.82, 2.24) is 9.88 Å². The maximum absolute atomic E-state index is 12.5. The molecule has 0 aromatic carbocycles. The van der Waals surface area contributed by atoms with Crippen molar-refractivity contribution in [1.29, 1.82) is 0 Å². The molecule has 1 aliphatic heterocycles. The predicted octanol–water partition coefficient (Wildman–Crippen LogP) is 2.05. The molecule has 106 valence electrons. The number of aromatic nitrogens is 1. The van der Waals surface area contributed by atoms with Crippen molar-refractivity contribution in [2.45, 2.75) is 19.8 Å². The van der Waals surface area contributed by atoms with E-state index in [4.69, 9.17) is 5.11 Å². The molecule has 0 bridgehead atoms. The molecule has 1 aliphatic rings. The molecule has 0 saturated carbocycles. The molecule has 1 saturated heterocycles. The number of hydrogen-bond acceptors (Lipinski definition) is 3. The zero-order chi connectivity index (χ0) is 14.5. The summed E-state index contributed by atoms with van der Waals surface area (Å²) in [6.07, 6.45) is 7.61. The molecule has 1 amide bonds. The van der Waals surface area contributed by atoms with Crippen molar-refractivity contribution in [3.05, 3.63) is 35.7 Å². The molecule has 5 nitrogen and oxygen atoms in total. The molecule has 5 heteroatoms. The van der Waals surface area contributed by atoms with E-state index in [-0.39, 0.29) is 5.91 Å². The second kappa shape index (κ2) is 6.32. The standard InChI is InChI=1S/C15H18N2O3/c1-2-11-6-8-17(10-11)15(20)13-5-7-16-9-12(13)3-4-14(18)19/h3-5,7,9,11H,2,6,8,10H2,1H3,(H,18,19)/b4-3+. The fourth-order valence-corrected chi connectivity index (χ4v) is 2.42. The lowest BCUT2D eigenvalue weighted by Crippen LogP contribution is -2.29. The zero-order valence-electron chi connectivity index (χ0n) is 11.5. The number of amides is 1. The van der Waals surface area contributed by atoms with Crippen molar-refractivity contribution in [2.24, 2.45) is 5.92 Å². The van der Waals surface area contributed by atoms with E-state index in [0.717, 1.165) is 32.0 Å². The minimum absolute atomic E-state index is 0.0478. The summed E-state index contributed by atoms with van der Waals surface area (Å²) in [4.78, 5) is 28.9. The van der Waals surface area contributed by atoms with Crippen molar-refractivity contribution < 1.29 is 14.7 Å². The van der Waals surface area contributed by atoms with Crippen LogP contribution in [-0.2, 0) is 4.79 Å². The zero-order valence-corrected chi connectivity index (χ0v) is 11.5. The summed E-state index contributed by atoms with van der Waals surface area (Å²) in [5.74, 6) is -0.522. The Hall–Kier alpha value is -2.17. The van der Waals surface area contributed by atoms with Crippen LogP contribution in [0.4, 0.5) is 0 Å². The fraction of sp³-hybridized carbons (Fsp3) is 0.400. The molecule has 0 radical (unpaired) electrons. The van der Waals surface area contributed by atoms with E-state index in [2.05, 4.69) is 11.9 Å². The average molecular weight is 274 g/mol. The summed E-state index contributed by atoms with van der Waals surface area (Å²) < 4.78 is 0. The van der Waals surface area contributed by atoms with Gasteiger partial charge in [-0.2, -0.15) is 0 Å². The van der Waals surface area contributed by atoms with Crippen LogP contribution in [-0.4, -0.2) is 40.0 Å². The highest BCUT2D eigenvalue weighted by molar-refractivity contribution is 5.98. The fourth-order valence-electron chi connectivity index (χ4n) is 2.42. The number of hydrogen-bond donors (Lipinski definition) is 1. The molecule has 1 fully saturated rings. The quantitative estimate of drug-likeness (QED) is 0.853. The summed E-state index contributed by atoms with van der Waals surface area (Å²) in [6, 6.07) is 1.64. The Morgan fingerprint density at radius 1 is 1.55 bits per heavy atom. The maximum atomic E-state index is 12.5. The number of carbonyl (C=O) groups is 2. The van der Waals surface area contributed by atoms with Gasteiger partial charge in [-0.05, 0) is 24.5 Å². The van der Waals surface area contributed by atoms with E-state index < -0.39 is 5.97 Å². The molecule has 1 aromatic heterocycles. The van der Waals surface area contributed by atoms with Crippen molar-refractivity contribution >= 4 is 18.0 Å². The van der Waals surface area contributed by atoms with E-state index in [9.17, 15) is 9.59 Å². The lowest BCUT2D eigenvalue weighted by molar-refractivity contribution is -0.131. The van der Waals surface area contributed by atoms with Crippen molar-refractivity contribution in [2.75, 3.05) is 13.1 Å². The van der Waals surface area contributed by atoms with Crippen LogP contribution in [0.2, 0.25) is 0 Å². The highest BCUT2D eigenvalue weighted by Crippen LogP contribution is 2.22. The van der Waals surface area contributed by atoms with Gasteiger partial charge in [0.2, 0.25) is 0 Å². The number of aliphatic carboxylic acids is 1. The van der Waals surface area contributed by atoms with Gasteiger partial charge in [0.25, 0.3) is 5.91 Å². The lowest BCUT2D eigenvalue weighted by Gasteiger charge is -2.17. The van der Waals surface area contributed by atoms with Gasteiger partial charge in [-0.3, -0.25) is 9.78 Å². The lowest BCUT2D eigenvalue weighted by atomic mass is 10.1. The third kappa shape index (κ3) is 3.23. The first-order valence-electron chi connectivity index (χ1n) is 6.76. The highest BCUT2D eigenvalue weighted by Gasteiger charge is 2.26. The van der Waals surface area contributed by atoms with Gasteiger partial charge in [-0.15, -0.1) is 0 Å². The van der Waals surface area contributed by atoms with Crippen molar-refractivity contribution in [3.63, 3.8) is 0 Å². The van der Waals surface area contributed by atoms with E-state index in [0.29, 0.717) is 17.0 Å². The Kier molecular flexibility index (Phi) is 4.50. The summed E-state index contributed by atoms with van der Waals surface area (Å²) >= 11 is 0. The van der Waals surface area contributed by atoms with Crippen LogP contribution >= 0.6 is 0 Å². The second-order valence-electron chi connectivity index (χ2n) is 4.95. The monoisotopic (exact) mass is 274 g/mol. The Morgan fingerprint density at radius 2 is 2.35 bits per heavy atom. The largest absolute Gasteiger partial charge is 0.478 e. The first-order valence-corrected chi connectivity index (χ1v) is 6.76. The molecule has 1 unspecified atom stereocenters. The Morgan fingerprint density at radius 3 is 3.00 bits per heavy atom. The Bertz CT molecular complexity index is 540. The Labute approximate surface area is 117 Å². The number of pyridine rings is 1. The summed E-state index contributed by atoms with van der Waals surface area (Å²) in [6.45, 7) is 3.67. The molecule has 20 heavy (non-hydrogen) atoms. The van der Waals surface area contributed by atoms with Gasteiger partial charge >= 0.3 is 5.97 Å². The van der Waals surface area contributed by atoms with Crippen LogP contribution < -0.4 is 0 Å². The van der Waals surface area contributed by atoms with E-state index in [1.807, 2.05) is 4.90 Å². The van der Waals surface area contributed by atoms with Gasteiger partial charge in [0.1, 0.15) is 0 Å². The van der Waals surface area contributed by atoms with Gasteiger partial charge < -0.3 is 10.0 Å². The van der Waals surface area contributed by atoms with Crippen LogP contribution in [0.25, 0.3) is 6.08 Å². The number of carbonyl (C=O) groups excluding carboxylic acids is 1. The molecule has 0 spiro atoms. The molecule has 2 rings (SSSR count). The third-order valence-corrected chi connectivity index (χ3v) is 3.64. The minimum atomic E-state index is -1.04. The van der Waals surface area contributed by atoms with Gasteiger partial charge in [0, 0.05) is 42.7 Å². The molecule has 2 heterocycles. The Balaban J connectivity index is 2.20. The second-order valence-corrected chi connectivity index (χ2v) is 4.95. The smallest absolute Gasteiger partial charge is 0.328 e. The maximum Gasteiger partial charge on any atom is 0.328 e. The molecular formula is C15H18N2O3. The molecule has 0 aliphatic carbocycles. The van der Waals surface area contributed by atoms with Crippen molar-refractivity contribution in [3.8, 4) is 0 Å². The van der Waals surface area contributed by atoms with Crippen LogP contribution in [0.1, 0.15) is 35.7 Å². The van der Waals surface area contributed by atoms with Gasteiger partial charge in [-0.1, -0.05) is 13.3 Å². The molecule has 1 aromatic rings. The van der Waals surface area contributed by atoms with Gasteiger partial charge in [0.05, 0.1) is 0 Å². The van der Waals surface area contributed by atoms with Gasteiger partial charge in [-0.25, -0.2) is 4.79 Å². The van der Waals surface area contributed by atoms with Gasteiger partial charge in [0.15, 0.2) is 0 Å². The van der Waals surface area contributed by atoms with Crippen LogP contribution in [0.5, 0.6) is 0 Å². The predicted molar refractivity (Wildman–Crippen MR) is 75.2 cm³/mol. The SMILES string of the molecule is CCC1CCN(C(=O)c2ccncc2/C=C/C(=O)O)C1. The van der Waals surface area contributed by atoms with Crippen LogP contribution in [0.15, 0.2) is 24.5 Å². The number of nitrogens with zero attached hydrogens (tertiary/aromatic N) is 2. The van der Waals surface area contributed by atoms with Crippen LogP contribution in [0, 0.1) is 5.92 Å². The number of rotatable bonds is 4. The molecule has 1 N–H and O–H groups in total. The van der Waals surface area contributed by atoms with E-state index >= 15 is 0 Å². The summed E-state index contributed by atoms with van der Waals surface area (Å²) in [5.41, 5.74) is 1.05. The molecule has 1 atom stereocenters. The molecular weight excluding hydrogens is 256 g/mol. The minimum Gasteiger partial charge on any atom is -0.478 e. The first-order chi connectivity index (χ1) is 9.61. The van der Waals surface area contributed by atoms with Crippen LogP contribution in [0.3, 0.4) is 0 Å². The summed E-state index contributed by atoms with van der Waals surface area (Å²) in [7, 11) is 0. The summed E-state index contributed by atoms with van der Waals surface area (Å²) in [5, 5.41) is 8.68. The first kappa shape index (κ1) is 14.2. The number of carboxylic acid groups (broad SMARTS) is 1. The third-order valence-electron chi connectivity index (χ3n) is 3.64. The topological polar surface area (TPSA) is 70.5 Å². The van der Waals surface area contributed by atoms with E-state index in [1.165, 1.54) is 12.3 Å². The normalized spacial score (nSPS) is 18.6. The average Bonchev–Trinajstić information content (AvgIpc) is 2.93. The highest BCUT2D eigenvalue weighted by atomic mass is 16.4. The van der Waals surface area contributed by atoms with E-state index in [1.54, 1.807) is 12.3 Å². The number of carboxylic acids is 1.